The summed E-state index contributed by atoms with van der Waals surface area (Å²) < 4.78 is 11.1. The zero-order valence-corrected chi connectivity index (χ0v) is 14.3. The van der Waals surface area contributed by atoms with E-state index in [9.17, 15) is 9.59 Å². The summed E-state index contributed by atoms with van der Waals surface area (Å²) in [5.74, 6) is 0.801. The summed E-state index contributed by atoms with van der Waals surface area (Å²) in [6, 6.07) is 7.29. The molecule has 2 rings (SSSR count). The van der Waals surface area contributed by atoms with Crippen LogP contribution in [-0.4, -0.2) is 31.0 Å². The number of carbonyl (C=O) groups excluding carboxylic acids is 2. The van der Waals surface area contributed by atoms with Gasteiger partial charge in [-0.15, -0.1) is 0 Å². The molecule has 0 radical (unpaired) electrons. The van der Waals surface area contributed by atoms with Crippen LogP contribution in [0.2, 0.25) is 0 Å². The average molecular weight is 333 g/mol. The van der Waals surface area contributed by atoms with E-state index in [-0.39, 0.29) is 23.8 Å². The molecule has 0 saturated heterocycles. The third kappa shape index (κ3) is 5.34. The van der Waals surface area contributed by atoms with Crippen LogP contribution in [0, 0.1) is 5.92 Å². The van der Waals surface area contributed by atoms with Gasteiger partial charge in [0.15, 0.2) is 5.78 Å². The van der Waals surface area contributed by atoms with E-state index in [1.165, 1.54) is 0 Å². The Bertz CT molecular complexity index is 533. The van der Waals surface area contributed by atoms with E-state index < -0.39 is 0 Å². The molecule has 0 aromatic heterocycles. The number of ketones is 1. The molecule has 5 nitrogen and oxygen atoms in total. The highest BCUT2D eigenvalue weighted by atomic mass is 16.5. The van der Waals surface area contributed by atoms with Crippen LogP contribution in [0.1, 0.15) is 55.8 Å². The molecule has 132 valence electrons. The van der Waals surface area contributed by atoms with Crippen molar-refractivity contribution < 1.29 is 19.1 Å². The topological polar surface area (TPSA) is 78.6 Å². The Hall–Kier alpha value is -1.88. The van der Waals surface area contributed by atoms with Crippen molar-refractivity contribution >= 4 is 11.8 Å². The summed E-state index contributed by atoms with van der Waals surface area (Å²) in [5.41, 5.74) is 6.12. The number of ether oxygens (including phenoxy) is 2. The molecule has 1 saturated carbocycles. The lowest BCUT2D eigenvalue weighted by molar-refractivity contribution is -0.149. The van der Waals surface area contributed by atoms with Crippen LogP contribution in [0.4, 0.5) is 0 Å². The van der Waals surface area contributed by atoms with Gasteiger partial charge in [-0.05, 0) is 69.8 Å². The van der Waals surface area contributed by atoms with Crippen LogP contribution < -0.4 is 10.5 Å². The molecule has 0 bridgehead atoms. The van der Waals surface area contributed by atoms with Crippen LogP contribution in [0.5, 0.6) is 5.75 Å². The van der Waals surface area contributed by atoms with Crippen molar-refractivity contribution in [3.8, 4) is 5.75 Å². The lowest BCUT2D eigenvalue weighted by Crippen LogP contribution is -2.29. The zero-order valence-electron chi connectivity index (χ0n) is 14.3. The molecule has 5 heteroatoms. The lowest BCUT2D eigenvalue weighted by Gasteiger charge is -2.27. The van der Waals surface area contributed by atoms with Gasteiger partial charge in [0.1, 0.15) is 5.75 Å². The molecule has 1 fully saturated rings. The van der Waals surface area contributed by atoms with E-state index in [1.807, 2.05) is 19.1 Å². The van der Waals surface area contributed by atoms with Crippen molar-refractivity contribution in [3.63, 3.8) is 0 Å². The number of nitrogens with two attached hydrogens (primary N) is 1. The molecule has 0 aliphatic heterocycles. The van der Waals surface area contributed by atoms with Crippen LogP contribution in [0.3, 0.4) is 0 Å². The number of Topliss-reactive ketones (excluding diaryl/α,β-unsaturated/α-hetero) is 1. The molecular formula is C19H27NO4. The largest absolute Gasteiger partial charge is 0.490 e. The normalized spacial score (nSPS) is 20.4. The van der Waals surface area contributed by atoms with Crippen LogP contribution in [0.15, 0.2) is 24.3 Å². The van der Waals surface area contributed by atoms with Gasteiger partial charge in [-0.3, -0.25) is 9.59 Å². The van der Waals surface area contributed by atoms with Gasteiger partial charge in [0, 0.05) is 12.0 Å². The number of esters is 1. The molecule has 24 heavy (non-hydrogen) atoms. The van der Waals surface area contributed by atoms with Crippen molar-refractivity contribution in [1.29, 1.82) is 0 Å². The minimum atomic E-state index is -0.0868. The fourth-order valence-corrected chi connectivity index (χ4v) is 3.00. The molecule has 1 aliphatic rings. The quantitative estimate of drug-likeness (QED) is 0.584. The molecule has 0 amide bonds. The Balaban J connectivity index is 1.80. The van der Waals surface area contributed by atoms with E-state index >= 15 is 0 Å². The number of rotatable bonds is 8. The van der Waals surface area contributed by atoms with Crippen molar-refractivity contribution in [2.24, 2.45) is 11.7 Å². The van der Waals surface area contributed by atoms with Crippen molar-refractivity contribution in [2.75, 3.05) is 13.2 Å². The Kier molecular flexibility index (Phi) is 7.25. The predicted molar refractivity (Wildman–Crippen MR) is 92.1 cm³/mol. The maximum Gasteiger partial charge on any atom is 0.308 e. The van der Waals surface area contributed by atoms with Crippen LogP contribution >= 0.6 is 0 Å². The summed E-state index contributed by atoms with van der Waals surface area (Å²) in [5, 5.41) is 0. The molecule has 1 aromatic rings. The molecule has 0 heterocycles. The summed E-state index contributed by atoms with van der Waals surface area (Å²) in [6.07, 6.45) is 4.61. The van der Waals surface area contributed by atoms with Crippen LogP contribution in [-0.2, 0) is 9.53 Å². The summed E-state index contributed by atoms with van der Waals surface area (Å²) in [7, 11) is 0. The van der Waals surface area contributed by atoms with Gasteiger partial charge in [-0.2, -0.15) is 0 Å². The Morgan fingerprint density at radius 3 is 2.38 bits per heavy atom. The minimum absolute atomic E-state index is 0.00680. The van der Waals surface area contributed by atoms with Crippen molar-refractivity contribution in [3.05, 3.63) is 29.8 Å². The molecule has 1 aromatic carbocycles. The average Bonchev–Trinajstić information content (AvgIpc) is 2.61. The van der Waals surface area contributed by atoms with Gasteiger partial charge >= 0.3 is 5.97 Å². The number of carbonyl (C=O) groups is 2. The maximum absolute atomic E-state index is 11.9. The molecule has 0 unspecified atom stereocenters. The van der Waals surface area contributed by atoms with Gasteiger partial charge in [0.05, 0.1) is 18.6 Å². The number of hydrogen-bond donors (Lipinski definition) is 1. The lowest BCUT2D eigenvalue weighted by atomic mass is 9.87. The Morgan fingerprint density at radius 1 is 1.12 bits per heavy atom. The Labute approximate surface area is 143 Å². The monoisotopic (exact) mass is 333 g/mol. The standard InChI is InChI=1S/C19H27NO4/c1-2-23-19(22)15-7-11-17(12-8-15)24-16-9-5-14(6-10-16)18(21)4-3-13-20/h5-6,9-10,15,17H,2-4,7-8,11-13,20H2,1H3. The van der Waals surface area contributed by atoms with E-state index in [0.717, 1.165) is 31.4 Å². The van der Waals surface area contributed by atoms with Gasteiger partial charge in [-0.1, -0.05) is 0 Å². The molecule has 1 aliphatic carbocycles. The first-order chi connectivity index (χ1) is 11.6. The highest BCUT2D eigenvalue weighted by molar-refractivity contribution is 5.96. The van der Waals surface area contributed by atoms with E-state index in [2.05, 4.69) is 0 Å². The van der Waals surface area contributed by atoms with Gasteiger partial charge in [-0.25, -0.2) is 0 Å². The van der Waals surface area contributed by atoms with Gasteiger partial charge in [0.2, 0.25) is 0 Å². The smallest absolute Gasteiger partial charge is 0.308 e. The first-order valence-electron chi connectivity index (χ1n) is 8.80. The summed E-state index contributed by atoms with van der Waals surface area (Å²) >= 11 is 0. The molecule has 0 atom stereocenters. The van der Waals surface area contributed by atoms with E-state index in [0.29, 0.717) is 31.6 Å². The zero-order chi connectivity index (χ0) is 17.4. The third-order valence-electron chi connectivity index (χ3n) is 4.38. The fraction of sp³-hybridized carbons (Fsp3) is 0.579. The van der Waals surface area contributed by atoms with Crippen molar-refractivity contribution in [1.82, 2.24) is 0 Å². The van der Waals surface area contributed by atoms with Gasteiger partial charge in [0.25, 0.3) is 0 Å². The maximum atomic E-state index is 11.9. The first-order valence-corrected chi connectivity index (χ1v) is 8.80. The highest BCUT2D eigenvalue weighted by Crippen LogP contribution is 2.28. The van der Waals surface area contributed by atoms with E-state index in [1.54, 1.807) is 12.1 Å². The number of benzene rings is 1. The second kappa shape index (κ2) is 9.42. The summed E-state index contributed by atoms with van der Waals surface area (Å²) in [4.78, 5) is 23.7. The van der Waals surface area contributed by atoms with Crippen LogP contribution in [0.25, 0.3) is 0 Å². The predicted octanol–water partition coefficient (Wildman–Crippen LogP) is 3.11. The second-order valence-electron chi connectivity index (χ2n) is 6.18. The fourth-order valence-electron chi connectivity index (χ4n) is 3.00. The minimum Gasteiger partial charge on any atom is -0.490 e. The van der Waals surface area contributed by atoms with E-state index in [4.69, 9.17) is 15.2 Å². The summed E-state index contributed by atoms with van der Waals surface area (Å²) in [6.45, 7) is 2.80. The molecule has 2 N–H and O–H groups in total. The van der Waals surface area contributed by atoms with Gasteiger partial charge < -0.3 is 15.2 Å². The second-order valence-corrected chi connectivity index (χ2v) is 6.18. The SMILES string of the molecule is CCOC(=O)C1CCC(Oc2ccc(C(=O)CCCN)cc2)CC1. The first kappa shape index (κ1) is 18.5. The Morgan fingerprint density at radius 2 is 1.79 bits per heavy atom. The highest BCUT2D eigenvalue weighted by Gasteiger charge is 2.28. The number of hydrogen-bond acceptors (Lipinski definition) is 5. The molecular weight excluding hydrogens is 306 g/mol. The molecule has 0 spiro atoms. The van der Waals surface area contributed by atoms with Crippen molar-refractivity contribution in [2.45, 2.75) is 51.6 Å². The third-order valence-corrected chi connectivity index (χ3v) is 4.38.